The van der Waals surface area contributed by atoms with E-state index >= 15 is 0 Å². The van der Waals surface area contributed by atoms with E-state index in [0.717, 1.165) is 5.56 Å². The highest BCUT2D eigenvalue weighted by Gasteiger charge is 2.48. The summed E-state index contributed by atoms with van der Waals surface area (Å²) >= 11 is 0. The monoisotopic (exact) mass is 222 g/mol. The van der Waals surface area contributed by atoms with Crippen LogP contribution in [0.1, 0.15) is 33.3 Å². The van der Waals surface area contributed by atoms with Crippen LogP contribution in [0.25, 0.3) is 0 Å². The molecule has 0 spiro atoms. The van der Waals surface area contributed by atoms with E-state index in [1.807, 2.05) is 26.0 Å². The van der Waals surface area contributed by atoms with Crippen LogP contribution in [-0.4, -0.2) is 10.5 Å². The molecular formula is C12H18N2O2. The number of nitrogens with zero attached hydrogens (tertiary/aromatic N) is 1. The van der Waals surface area contributed by atoms with Crippen LogP contribution in [0, 0.1) is 10.1 Å². The van der Waals surface area contributed by atoms with E-state index in [4.69, 9.17) is 5.73 Å². The van der Waals surface area contributed by atoms with Crippen molar-refractivity contribution in [2.24, 2.45) is 0 Å². The lowest BCUT2D eigenvalue weighted by atomic mass is 9.70. The lowest BCUT2D eigenvalue weighted by molar-refractivity contribution is -0.573. The maximum Gasteiger partial charge on any atom is 0.225 e. The Bertz CT molecular complexity index is 394. The molecule has 88 valence electrons. The molecule has 1 rings (SSSR count). The molecule has 0 heterocycles. The fourth-order valence-electron chi connectivity index (χ4n) is 1.48. The molecule has 0 saturated carbocycles. The Hall–Kier alpha value is -1.58. The van der Waals surface area contributed by atoms with Crippen LogP contribution in [0.3, 0.4) is 0 Å². The first kappa shape index (κ1) is 12.5. The van der Waals surface area contributed by atoms with Crippen LogP contribution < -0.4 is 5.73 Å². The number of nitrogen functional groups attached to an aromatic ring is 1. The van der Waals surface area contributed by atoms with Crippen molar-refractivity contribution in [2.75, 3.05) is 5.73 Å². The largest absolute Gasteiger partial charge is 0.399 e. The van der Waals surface area contributed by atoms with Crippen molar-refractivity contribution in [3.8, 4) is 0 Å². The molecule has 0 bridgehead atoms. The average Bonchev–Trinajstić information content (AvgIpc) is 2.17. The van der Waals surface area contributed by atoms with Gasteiger partial charge in [0.25, 0.3) is 0 Å². The summed E-state index contributed by atoms with van der Waals surface area (Å²) in [6.07, 6.45) is 0. The molecule has 0 fully saturated rings. The third-order valence-corrected chi connectivity index (χ3v) is 3.62. The van der Waals surface area contributed by atoms with Gasteiger partial charge >= 0.3 is 0 Å². The molecule has 1 aromatic rings. The van der Waals surface area contributed by atoms with Gasteiger partial charge in [-0.3, -0.25) is 10.1 Å². The number of rotatable bonds is 3. The zero-order chi connectivity index (χ0) is 12.6. The highest BCUT2D eigenvalue weighted by atomic mass is 16.6. The lowest BCUT2D eigenvalue weighted by Gasteiger charge is -2.34. The van der Waals surface area contributed by atoms with Gasteiger partial charge in [0, 0.05) is 24.5 Å². The van der Waals surface area contributed by atoms with Crippen molar-refractivity contribution in [3.63, 3.8) is 0 Å². The molecule has 0 aliphatic carbocycles. The summed E-state index contributed by atoms with van der Waals surface area (Å²) in [5, 5.41) is 11.1. The maximum atomic E-state index is 11.1. The molecule has 16 heavy (non-hydrogen) atoms. The van der Waals surface area contributed by atoms with E-state index in [9.17, 15) is 10.1 Å². The van der Waals surface area contributed by atoms with Gasteiger partial charge in [-0.25, -0.2) is 0 Å². The van der Waals surface area contributed by atoms with Gasteiger partial charge in [0.05, 0.1) is 5.41 Å². The standard InChI is InChI=1S/C12H18N2O2/c1-11(2,12(3,4)14(15)16)9-5-7-10(13)8-6-9/h5-8H,13H2,1-4H3. The Kier molecular flexibility index (Phi) is 2.95. The number of nitrogens with two attached hydrogens (primary N) is 1. The third-order valence-electron chi connectivity index (χ3n) is 3.62. The molecule has 2 N–H and O–H groups in total. The third kappa shape index (κ3) is 1.87. The highest BCUT2D eigenvalue weighted by Crippen LogP contribution is 2.36. The van der Waals surface area contributed by atoms with Gasteiger partial charge in [-0.2, -0.15) is 0 Å². The van der Waals surface area contributed by atoms with E-state index in [2.05, 4.69) is 0 Å². The fourth-order valence-corrected chi connectivity index (χ4v) is 1.48. The topological polar surface area (TPSA) is 69.2 Å². The van der Waals surface area contributed by atoms with E-state index in [1.54, 1.807) is 26.0 Å². The van der Waals surface area contributed by atoms with E-state index in [1.165, 1.54) is 0 Å². The molecule has 0 amide bonds. The molecule has 0 atom stereocenters. The van der Waals surface area contributed by atoms with Gasteiger partial charge in [-0.15, -0.1) is 0 Å². The second-order valence-electron chi connectivity index (χ2n) is 5.06. The summed E-state index contributed by atoms with van der Waals surface area (Å²) < 4.78 is 0. The van der Waals surface area contributed by atoms with E-state index in [0.29, 0.717) is 5.69 Å². The van der Waals surface area contributed by atoms with Crippen LogP contribution in [0.15, 0.2) is 24.3 Å². The van der Waals surface area contributed by atoms with E-state index in [-0.39, 0.29) is 4.92 Å². The van der Waals surface area contributed by atoms with Crippen LogP contribution in [-0.2, 0) is 5.41 Å². The average molecular weight is 222 g/mol. The Labute approximate surface area is 95.6 Å². The quantitative estimate of drug-likeness (QED) is 0.485. The molecule has 0 saturated heterocycles. The van der Waals surface area contributed by atoms with Crippen LogP contribution >= 0.6 is 0 Å². The van der Waals surface area contributed by atoms with Gasteiger partial charge < -0.3 is 5.73 Å². The first-order valence-corrected chi connectivity index (χ1v) is 5.20. The first-order chi connectivity index (χ1) is 7.19. The zero-order valence-corrected chi connectivity index (χ0v) is 10.2. The number of nitro groups is 1. The van der Waals surface area contributed by atoms with Gasteiger partial charge in [-0.1, -0.05) is 12.1 Å². The summed E-state index contributed by atoms with van der Waals surface area (Å²) in [5.41, 5.74) is 5.61. The van der Waals surface area contributed by atoms with Gasteiger partial charge in [-0.05, 0) is 31.5 Å². The van der Waals surface area contributed by atoms with Crippen LogP contribution in [0.4, 0.5) is 5.69 Å². The predicted molar refractivity (Wildman–Crippen MR) is 65.0 cm³/mol. The minimum Gasteiger partial charge on any atom is -0.399 e. The van der Waals surface area contributed by atoms with Gasteiger partial charge in [0.2, 0.25) is 5.54 Å². The summed E-state index contributed by atoms with van der Waals surface area (Å²) in [7, 11) is 0. The second-order valence-corrected chi connectivity index (χ2v) is 5.06. The number of hydrogen-bond donors (Lipinski definition) is 1. The van der Waals surface area contributed by atoms with Crippen molar-refractivity contribution in [3.05, 3.63) is 39.9 Å². The Morgan fingerprint density at radius 3 is 1.94 bits per heavy atom. The molecule has 1 aromatic carbocycles. The first-order valence-electron chi connectivity index (χ1n) is 5.20. The Morgan fingerprint density at radius 1 is 1.12 bits per heavy atom. The molecule has 0 aliphatic heterocycles. The molecule has 4 nitrogen and oxygen atoms in total. The fraction of sp³-hybridized carbons (Fsp3) is 0.500. The highest BCUT2D eigenvalue weighted by molar-refractivity contribution is 5.42. The SMILES string of the molecule is CC(C)(c1ccc(N)cc1)C(C)(C)[N+](=O)[O-]. The Morgan fingerprint density at radius 2 is 1.56 bits per heavy atom. The van der Waals surface area contributed by atoms with Crippen molar-refractivity contribution in [1.29, 1.82) is 0 Å². The van der Waals surface area contributed by atoms with Crippen molar-refractivity contribution >= 4 is 5.69 Å². The van der Waals surface area contributed by atoms with Gasteiger partial charge in [0.1, 0.15) is 0 Å². The summed E-state index contributed by atoms with van der Waals surface area (Å²) in [5.74, 6) is 0. The Balaban J connectivity index is 3.20. The minimum absolute atomic E-state index is 0.233. The normalized spacial score (nSPS) is 12.5. The minimum atomic E-state index is -1.02. The molecule has 0 unspecified atom stereocenters. The molecular weight excluding hydrogens is 204 g/mol. The van der Waals surface area contributed by atoms with E-state index < -0.39 is 11.0 Å². The summed E-state index contributed by atoms with van der Waals surface area (Å²) in [6, 6.07) is 7.24. The zero-order valence-electron chi connectivity index (χ0n) is 10.2. The molecule has 0 aromatic heterocycles. The summed E-state index contributed by atoms with van der Waals surface area (Å²) in [4.78, 5) is 10.9. The smallest absolute Gasteiger partial charge is 0.225 e. The van der Waals surface area contributed by atoms with Crippen molar-refractivity contribution < 1.29 is 4.92 Å². The lowest BCUT2D eigenvalue weighted by Crippen LogP contribution is -2.48. The maximum absolute atomic E-state index is 11.1. The number of benzene rings is 1. The number of hydrogen-bond acceptors (Lipinski definition) is 3. The predicted octanol–water partition coefficient (Wildman–Crippen LogP) is 2.60. The van der Waals surface area contributed by atoms with Crippen molar-refractivity contribution in [1.82, 2.24) is 0 Å². The summed E-state index contributed by atoms with van der Waals surface area (Å²) in [6.45, 7) is 7.04. The second kappa shape index (κ2) is 3.77. The van der Waals surface area contributed by atoms with Crippen molar-refractivity contribution in [2.45, 2.75) is 38.6 Å². The van der Waals surface area contributed by atoms with Crippen LogP contribution in [0.2, 0.25) is 0 Å². The molecule has 0 radical (unpaired) electrons. The molecule has 0 aliphatic rings. The number of anilines is 1. The van der Waals surface area contributed by atoms with Gasteiger partial charge in [0.15, 0.2) is 0 Å². The molecule has 4 heteroatoms. The van der Waals surface area contributed by atoms with Crippen LogP contribution in [0.5, 0.6) is 0 Å².